The average Bonchev–Trinajstić information content (AvgIpc) is 2.49. The van der Waals surface area contributed by atoms with E-state index < -0.39 is 0 Å². The molecule has 0 unspecified atom stereocenters. The molecule has 0 aliphatic carbocycles. The van der Waals surface area contributed by atoms with Gasteiger partial charge in [0.1, 0.15) is 0 Å². The second-order valence-corrected chi connectivity index (χ2v) is 6.00. The number of nitrogens with zero attached hydrogens (tertiary/aromatic N) is 2. The first-order valence-electron chi connectivity index (χ1n) is 9.30. The van der Waals surface area contributed by atoms with Crippen LogP contribution < -0.4 is 0 Å². The van der Waals surface area contributed by atoms with Crippen LogP contribution in [0.5, 0.6) is 0 Å². The molecule has 0 aromatic carbocycles. The van der Waals surface area contributed by atoms with E-state index >= 15 is 0 Å². The third-order valence-corrected chi connectivity index (χ3v) is 3.84. The van der Waals surface area contributed by atoms with Gasteiger partial charge in [-0.25, -0.2) is 0 Å². The molecule has 21 heavy (non-hydrogen) atoms. The Balaban J connectivity index is 3.71. The molecule has 0 aromatic heterocycles. The number of ether oxygens (including phenoxy) is 1. The first-order chi connectivity index (χ1) is 10.3. The quantitative estimate of drug-likeness (QED) is 0.400. The maximum Gasteiger partial charge on any atom is 0.0594 e. The maximum atomic E-state index is 5.86. The molecule has 3 heteroatoms. The lowest BCUT2D eigenvalue weighted by molar-refractivity contribution is 0.0820. The van der Waals surface area contributed by atoms with Crippen molar-refractivity contribution in [1.82, 2.24) is 9.80 Å². The van der Waals surface area contributed by atoms with Crippen LogP contribution in [0, 0.1) is 0 Å². The summed E-state index contributed by atoms with van der Waals surface area (Å²) >= 11 is 0. The lowest BCUT2D eigenvalue weighted by atomic mass is 10.2. The van der Waals surface area contributed by atoms with E-state index in [1.54, 1.807) is 0 Å². The Bertz CT molecular complexity index is 186. The monoisotopic (exact) mass is 300 g/mol. The molecule has 0 aromatic rings. The molecule has 0 aliphatic heterocycles. The zero-order chi connectivity index (χ0) is 15.8. The van der Waals surface area contributed by atoms with Gasteiger partial charge in [-0.3, -0.25) is 0 Å². The van der Waals surface area contributed by atoms with Gasteiger partial charge >= 0.3 is 0 Å². The van der Waals surface area contributed by atoms with Crippen molar-refractivity contribution >= 4 is 0 Å². The van der Waals surface area contributed by atoms with E-state index in [1.807, 2.05) is 0 Å². The average molecular weight is 301 g/mol. The highest BCUT2D eigenvalue weighted by molar-refractivity contribution is 4.58. The van der Waals surface area contributed by atoms with E-state index in [4.69, 9.17) is 4.74 Å². The summed E-state index contributed by atoms with van der Waals surface area (Å²) < 4.78 is 5.86. The van der Waals surface area contributed by atoms with Crippen LogP contribution in [0.15, 0.2) is 0 Å². The van der Waals surface area contributed by atoms with Gasteiger partial charge in [0.25, 0.3) is 0 Å². The molecule has 0 spiro atoms. The molecule has 0 radical (unpaired) electrons. The largest absolute Gasteiger partial charge is 0.379 e. The fourth-order valence-corrected chi connectivity index (χ4v) is 2.56. The number of hydrogen-bond donors (Lipinski definition) is 0. The molecule has 0 N–H and O–H groups in total. The van der Waals surface area contributed by atoms with Crippen LogP contribution in [-0.4, -0.2) is 62.3 Å². The second kappa shape index (κ2) is 16.3. The van der Waals surface area contributed by atoms with Crippen molar-refractivity contribution in [2.75, 3.05) is 52.5 Å². The van der Waals surface area contributed by atoms with Gasteiger partial charge in [0.2, 0.25) is 0 Å². The Kier molecular flexibility index (Phi) is 16.2. The van der Waals surface area contributed by atoms with Crippen molar-refractivity contribution in [2.24, 2.45) is 0 Å². The van der Waals surface area contributed by atoms with Crippen LogP contribution in [0.3, 0.4) is 0 Å². The molecule has 128 valence electrons. The Morgan fingerprint density at radius 1 is 0.524 bits per heavy atom. The van der Waals surface area contributed by atoms with Crippen LogP contribution in [0.4, 0.5) is 0 Å². The molecule has 0 saturated heterocycles. The zero-order valence-electron chi connectivity index (χ0n) is 15.2. The van der Waals surface area contributed by atoms with Gasteiger partial charge in [-0.15, -0.1) is 0 Å². The fraction of sp³-hybridized carbons (Fsp3) is 1.00. The number of rotatable bonds is 16. The molecule has 0 aliphatic rings. The van der Waals surface area contributed by atoms with Crippen molar-refractivity contribution in [2.45, 2.75) is 66.2 Å². The highest BCUT2D eigenvalue weighted by atomic mass is 16.5. The third-order valence-electron chi connectivity index (χ3n) is 3.84. The summed E-state index contributed by atoms with van der Waals surface area (Å²) in [5.74, 6) is 0. The van der Waals surface area contributed by atoms with Gasteiger partial charge in [0.05, 0.1) is 13.2 Å². The fourth-order valence-electron chi connectivity index (χ4n) is 2.56. The number of hydrogen-bond acceptors (Lipinski definition) is 3. The normalized spacial score (nSPS) is 11.7. The topological polar surface area (TPSA) is 15.7 Å². The van der Waals surface area contributed by atoms with E-state index in [0.717, 1.165) is 26.3 Å². The van der Waals surface area contributed by atoms with Crippen LogP contribution in [0.25, 0.3) is 0 Å². The summed E-state index contributed by atoms with van der Waals surface area (Å²) in [4.78, 5) is 5.09. The van der Waals surface area contributed by atoms with Crippen LogP contribution in [-0.2, 0) is 4.74 Å². The van der Waals surface area contributed by atoms with E-state index in [1.165, 1.54) is 64.7 Å². The lowest BCUT2D eigenvalue weighted by Gasteiger charge is -2.23. The minimum absolute atomic E-state index is 0.884. The predicted molar refractivity (Wildman–Crippen MR) is 94.1 cm³/mol. The molecule has 0 saturated carbocycles. The zero-order valence-corrected chi connectivity index (χ0v) is 15.2. The Labute approximate surface area is 134 Å². The summed E-state index contributed by atoms with van der Waals surface area (Å²) in [5, 5.41) is 0. The molecule has 0 bridgehead atoms. The van der Waals surface area contributed by atoms with Crippen molar-refractivity contribution in [3.8, 4) is 0 Å². The highest BCUT2D eigenvalue weighted by Gasteiger charge is 2.05. The highest BCUT2D eigenvalue weighted by Crippen LogP contribution is 1.99. The maximum absolute atomic E-state index is 5.86. The molecule has 3 nitrogen and oxygen atoms in total. The van der Waals surface area contributed by atoms with Gasteiger partial charge in [-0.1, -0.05) is 40.5 Å². The molecule has 0 atom stereocenters. The predicted octanol–water partition coefficient (Wildman–Crippen LogP) is 4.03. The van der Waals surface area contributed by atoms with E-state index in [-0.39, 0.29) is 0 Å². The Hall–Kier alpha value is -0.120. The molecule has 0 amide bonds. The number of unbranched alkanes of at least 4 members (excludes halogenated alkanes) is 2. The standard InChI is InChI=1S/C18H40N2O/c1-5-9-13-20(14-10-6-2)16-18-21-17-15-19(11-7-3)12-8-4/h5-18H2,1-4H3. The summed E-state index contributed by atoms with van der Waals surface area (Å²) in [5.41, 5.74) is 0. The second-order valence-electron chi connectivity index (χ2n) is 6.00. The molecule has 0 heterocycles. The minimum Gasteiger partial charge on any atom is -0.379 e. The minimum atomic E-state index is 0.884. The van der Waals surface area contributed by atoms with Gasteiger partial charge in [-0.2, -0.15) is 0 Å². The SMILES string of the molecule is CCCCN(CCCC)CCOCCN(CCC)CCC. The lowest BCUT2D eigenvalue weighted by Crippen LogP contribution is -2.32. The van der Waals surface area contributed by atoms with Gasteiger partial charge in [-0.05, 0) is 51.9 Å². The molecule has 0 rings (SSSR count). The van der Waals surface area contributed by atoms with E-state index in [2.05, 4.69) is 37.5 Å². The summed E-state index contributed by atoms with van der Waals surface area (Å²) in [6.07, 6.45) is 7.66. The molecular weight excluding hydrogens is 260 g/mol. The van der Waals surface area contributed by atoms with Crippen molar-refractivity contribution < 1.29 is 4.74 Å². The van der Waals surface area contributed by atoms with Crippen molar-refractivity contribution in [3.63, 3.8) is 0 Å². The van der Waals surface area contributed by atoms with Crippen LogP contribution >= 0.6 is 0 Å². The smallest absolute Gasteiger partial charge is 0.0594 e. The first kappa shape index (κ1) is 20.9. The van der Waals surface area contributed by atoms with E-state index in [9.17, 15) is 0 Å². The summed E-state index contributed by atoms with van der Waals surface area (Å²) in [6.45, 7) is 17.9. The first-order valence-corrected chi connectivity index (χ1v) is 9.30. The van der Waals surface area contributed by atoms with Gasteiger partial charge < -0.3 is 14.5 Å². The van der Waals surface area contributed by atoms with Gasteiger partial charge in [0, 0.05) is 13.1 Å². The van der Waals surface area contributed by atoms with Crippen LogP contribution in [0.1, 0.15) is 66.2 Å². The van der Waals surface area contributed by atoms with Crippen molar-refractivity contribution in [1.29, 1.82) is 0 Å². The third kappa shape index (κ3) is 13.3. The van der Waals surface area contributed by atoms with E-state index in [0.29, 0.717) is 0 Å². The Morgan fingerprint density at radius 2 is 0.952 bits per heavy atom. The van der Waals surface area contributed by atoms with Gasteiger partial charge in [0.15, 0.2) is 0 Å². The van der Waals surface area contributed by atoms with Crippen LogP contribution in [0.2, 0.25) is 0 Å². The summed E-state index contributed by atoms with van der Waals surface area (Å²) in [6, 6.07) is 0. The van der Waals surface area contributed by atoms with Crippen molar-refractivity contribution in [3.05, 3.63) is 0 Å². The summed E-state index contributed by atoms with van der Waals surface area (Å²) in [7, 11) is 0. The Morgan fingerprint density at radius 3 is 1.33 bits per heavy atom. The molecule has 0 fully saturated rings. The molecular formula is C18H40N2O.